The Morgan fingerprint density at radius 2 is 2.04 bits per heavy atom. The van der Waals surface area contributed by atoms with Crippen molar-refractivity contribution in [1.29, 1.82) is 0 Å². The first-order valence-electron chi connectivity index (χ1n) is 7.61. The number of rotatable bonds is 6. The molecule has 0 bridgehead atoms. The molecule has 138 valence electrons. The number of halogens is 2. The molecule has 1 amide bonds. The second-order valence-electron chi connectivity index (χ2n) is 5.42. The van der Waals surface area contributed by atoms with Crippen LogP contribution in [-0.4, -0.2) is 30.9 Å². The number of nitrogens with zero attached hydrogens (tertiary/aromatic N) is 1. The number of carbonyl (C=O) groups excluding carboxylic acids is 1. The Morgan fingerprint density at radius 3 is 2.73 bits per heavy atom. The van der Waals surface area contributed by atoms with Gasteiger partial charge in [-0.1, -0.05) is 12.1 Å². The average Bonchev–Trinajstić information content (AvgIpc) is 2.62. The first-order chi connectivity index (χ1) is 12.3. The number of hydrazone groups is 1. The Bertz CT molecular complexity index is 854. The van der Waals surface area contributed by atoms with Crippen molar-refractivity contribution in [3.05, 3.63) is 49.9 Å². The Labute approximate surface area is 168 Å². The third kappa shape index (κ3) is 4.76. The number of methoxy groups -OCH3 is 1. The predicted octanol–water partition coefficient (Wildman–Crippen LogP) is 4.07. The van der Waals surface area contributed by atoms with Gasteiger partial charge in [0.2, 0.25) is 0 Å². The molecular formula is C18H18Br2N2O4. The van der Waals surface area contributed by atoms with Crippen LogP contribution >= 0.6 is 31.9 Å². The van der Waals surface area contributed by atoms with Gasteiger partial charge in [-0.25, -0.2) is 5.43 Å². The van der Waals surface area contributed by atoms with E-state index in [1.165, 1.54) is 13.3 Å². The minimum Gasteiger partial charge on any atom is -0.504 e. The number of hydrogen-bond acceptors (Lipinski definition) is 5. The third-order valence-corrected chi connectivity index (χ3v) is 5.72. The van der Waals surface area contributed by atoms with E-state index >= 15 is 0 Å². The molecule has 26 heavy (non-hydrogen) atoms. The topological polar surface area (TPSA) is 80.2 Å². The van der Waals surface area contributed by atoms with Crippen LogP contribution in [0.1, 0.15) is 16.7 Å². The van der Waals surface area contributed by atoms with Gasteiger partial charge in [-0.05, 0) is 69.0 Å². The van der Waals surface area contributed by atoms with Crippen molar-refractivity contribution < 1.29 is 19.4 Å². The summed E-state index contributed by atoms with van der Waals surface area (Å²) in [4.78, 5) is 11.9. The SMILES string of the molecule is COc1cc(Br)c(Br)c(/C=N\NC(=O)COc2cccc(C)c2C)c1O. The lowest BCUT2D eigenvalue weighted by atomic mass is 10.1. The van der Waals surface area contributed by atoms with Crippen molar-refractivity contribution in [3.63, 3.8) is 0 Å². The molecule has 6 nitrogen and oxygen atoms in total. The quantitative estimate of drug-likeness (QED) is 0.477. The lowest BCUT2D eigenvalue weighted by molar-refractivity contribution is -0.123. The average molecular weight is 486 g/mol. The van der Waals surface area contributed by atoms with Crippen molar-refractivity contribution in [1.82, 2.24) is 5.43 Å². The zero-order chi connectivity index (χ0) is 19.3. The molecule has 0 atom stereocenters. The number of ether oxygens (including phenoxy) is 2. The predicted molar refractivity (Wildman–Crippen MR) is 107 cm³/mol. The molecule has 0 saturated heterocycles. The summed E-state index contributed by atoms with van der Waals surface area (Å²) in [6.07, 6.45) is 1.32. The van der Waals surface area contributed by atoms with Crippen LogP contribution < -0.4 is 14.9 Å². The van der Waals surface area contributed by atoms with Crippen LogP contribution in [0.25, 0.3) is 0 Å². The number of amides is 1. The molecule has 0 aromatic heterocycles. The molecule has 0 aliphatic heterocycles. The minimum absolute atomic E-state index is 0.0905. The van der Waals surface area contributed by atoms with E-state index in [1.54, 1.807) is 6.07 Å². The fourth-order valence-corrected chi connectivity index (χ4v) is 2.94. The monoisotopic (exact) mass is 484 g/mol. The molecule has 0 radical (unpaired) electrons. The molecule has 2 N–H and O–H groups in total. The van der Waals surface area contributed by atoms with Crippen molar-refractivity contribution in [2.45, 2.75) is 13.8 Å². The van der Waals surface area contributed by atoms with Gasteiger partial charge in [0, 0.05) is 8.95 Å². The fraction of sp³-hybridized carbons (Fsp3) is 0.222. The summed E-state index contributed by atoms with van der Waals surface area (Å²) in [5.41, 5.74) is 4.80. The first-order valence-corrected chi connectivity index (χ1v) is 9.19. The van der Waals surface area contributed by atoms with Gasteiger partial charge in [-0.15, -0.1) is 0 Å². The van der Waals surface area contributed by atoms with Gasteiger partial charge in [0.15, 0.2) is 18.1 Å². The summed E-state index contributed by atoms with van der Waals surface area (Å²) in [5, 5.41) is 14.0. The number of phenols is 1. The van der Waals surface area contributed by atoms with Crippen LogP contribution in [0.5, 0.6) is 17.2 Å². The van der Waals surface area contributed by atoms with Crippen LogP contribution in [0.15, 0.2) is 38.3 Å². The lowest BCUT2D eigenvalue weighted by Gasteiger charge is -2.10. The Balaban J connectivity index is 2.01. The zero-order valence-electron chi connectivity index (χ0n) is 14.5. The van der Waals surface area contributed by atoms with Gasteiger partial charge in [0.1, 0.15) is 5.75 Å². The van der Waals surface area contributed by atoms with E-state index in [0.717, 1.165) is 11.1 Å². The van der Waals surface area contributed by atoms with E-state index in [-0.39, 0.29) is 18.1 Å². The van der Waals surface area contributed by atoms with Crippen LogP contribution in [0.2, 0.25) is 0 Å². The van der Waals surface area contributed by atoms with Gasteiger partial charge in [-0.2, -0.15) is 5.10 Å². The molecule has 8 heteroatoms. The highest BCUT2D eigenvalue weighted by molar-refractivity contribution is 9.13. The van der Waals surface area contributed by atoms with Gasteiger partial charge >= 0.3 is 0 Å². The molecule has 0 saturated carbocycles. The van der Waals surface area contributed by atoms with Crippen LogP contribution in [-0.2, 0) is 4.79 Å². The molecule has 0 spiro atoms. The summed E-state index contributed by atoms with van der Waals surface area (Å²) < 4.78 is 11.9. The highest BCUT2D eigenvalue weighted by Crippen LogP contribution is 2.39. The number of hydrogen-bond donors (Lipinski definition) is 2. The first kappa shape index (κ1) is 20.3. The van der Waals surface area contributed by atoms with Crippen molar-refractivity contribution in [3.8, 4) is 17.2 Å². The van der Waals surface area contributed by atoms with Crippen molar-refractivity contribution >= 4 is 44.0 Å². The van der Waals surface area contributed by atoms with Gasteiger partial charge in [0.05, 0.1) is 18.9 Å². The van der Waals surface area contributed by atoms with E-state index in [2.05, 4.69) is 42.4 Å². The summed E-state index contributed by atoms with van der Waals surface area (Å²) >= 11 is 6.70. The third-order valence-electron chi connectivity index (χ3n) is 3.71. The van der Waals surface area contributed by atoms with Crippen LogP contribution in [0, 0.1) is 13.8 Å². The highest BCUT2D eigenvalue weighted by atomic mass is 79.9. The second-order valence-corrected chi connectivity index (χ2v) is 7.06. The van der Waals surface area contributed by atoms with Crippen molar-refractivity contribution in [2.75, 3.05) is 13.7 Å². The summed E-state index contributed by atoms with van der Waals surface area (Å²) in [5.74, 6) is 0.430. The summed E-state index contributed by atoms with van der Waals surface area (Å²) in [6, 6.07) is 7.27. The number of phenolic OH excluding ortho intramolecular Hbond substituents is 1. The van der Waals surface area contributed by atoms with E-state index in [0.29, 0.717) is 20.3 Å². The van der Waals surface area contributed by atoms with E-state index in [9.17, 15) is 9.90 Å². The van der Waals surface area contributed by atoms with Crippen LogP contribution in [0.4, 0.5) is 0 Å². The van der Waals surface area contributed by atoms with Gasteiger partial charge in [0.25, 0.3) is 5.91 Å². The Morgan fingerprint density at radius 1 is 1.31 bits per heavy atom. The second kappa shape index (κ2) is 9.05. The van der Waals surface area contributed by atoms with E-state index in [4.69, 9.17) is 9.47 Å². The van der Waals surface area contributed by atoms with Crippen LogP contribution in [0.3, 0.4) is 0 Å². The summed E-state index contributed by atoms with van der Waals surface area (Å²) in [6.45, 7) is 3.74. The van der Waals surface area contributed by atoms with E-state index in [1.807, 2.05) is 32.0 Å². The van der Waals surface area contributed by atoms with E-state index < -0.39 is 5.91 Å². The Kier molecular flexibility index (Phi) is 7.05. The number of aryl methyl sites for hydroxylation is 1. The number of aromatic hydroxyl groups is 1. The number of benzene rings is 2. The molecule has 2 aromatic rings. The molecule has 0 fully saturated rings. The van der Waals surface area contributed by atoms with Gasteiger partial charge in [-0.3, -0.25) is 4.79 Å². The number of carbonyl (C=O) groups is 1. The molecule has 0 aliphatic rings. The molecule has 2 rings (SSSR count). The molecular weight excluding hydrogens is 468 g/mol. The Hall–Kier alpha value is -2.06. The smallest absolute Gasteiger partial charge is 0.277 e. The normalized spacial score (nSPS) is 10.8. The highest BCUT2D eigenvalue weighted by Gasteiger charge is 2.14. The molecule has 0 unspecified atom stereocenters. The minimum atomic E-state index is -0.417. The maximum Gasteiger partial charge on any atom is 0.277 e. The summed E-state index contributed by atoms with van der Waals surface area (Å²) in [7, 11) is 1.45. The van der Waals surface area contributed by atoms with Crippen molar-refractivity contribution in [2.24, 2.45) is 5.10 Å². The largest absolute Gasteiger partial charge is 0.504 e. The molecule has 2 aromatic carbocycles. The van der Waals surface area contributed by atoms with Gasteiger partial charge < -0.3 is 14.6 Å². The number of nitrogens with one attached hydrogen (secondary N) is 1. The maximum atomic E-state index is 11.9. The maximum absolute atomic E-state index is 11.9. The standard InChI is InChI=1S/C18H18Br2N2O4/c1-10-5-4-6-14(11(10)2)26-9-16(23)22-21-8-12-17(20)13(19)7-15(25-3)18(12)24/h4-8,24H,9H2,1-3H3,(H,22,23)/b21-8-. The lowest BCUT2D eigenvalue weighted by Crippen LogP contribution is -2.24. The molecule has 0 aliphatic carbocycles. The fourth-order valence-electron chi connectivity index (χ4n) is 2.11. The molecule has 0 heterocycles. The zero-order valence-corrected chi connectivity index (χ0v) is 17.6.